The number of alkyl halides is 3. The number of benzene rings is 2. The summed E-state index contributed by atoms with van der Waals surface area (Å²) in [6, 6.07) is 9.18. The van der Waals surface area contributed by atoms with E-state index in [9.17, 15) is 27.2 Å². The van der Waals surface area contributed by atoms with Crippen molar-refractivity contribution in [3.05, 3.63) is 76.6 Å². The summed E-state index contributed by atoms with van der Waals surface area (Å²) in [5.74, 6) is -1.15. The maximum absolute atomic E-state index is 13.0. The second-order valence-electron chi connectivity index (χ2n) is 6.21. The molecule has 10 heteroatoms. The van der Waals surface area contributed by atoms with Gasteiger partial charge in [-0.25, -0.2) is 9.37 Å². The van der Waals surface area contributed by atoms with Gasteiger partial charge in [0, 0.05) is 11.6 Å². The van der Waals surface area contributed by atoms with Crippen LogP contribution in [0.25, 0.3) is 11.3 Å². The number of nitrogens with zero attached hydrogens (tertiary/aromatic N) is 2. The van der Waals surface area contributed by atoms with Crippen LogP contribution in [0.2, 0.25) is 0 Å². The molecule has 0 aliphatic carbocycles. The first-order valence-electron chi connectivity index (χ1n) is 8.55. The van der Waals surface area contributed by atoms with E-state index in [0.29, 0.717) is 5.56 Å². The van der Waals surface area contributed by atoms with Crippen LogP contribution >= 0.6 is 0 Å². The number of methoxy groups -OCH3 is 1. The van der Waals surface area contributed by atoms with E-state index in [-0.39, 0.29) is 17.1 Å². The van der Waals surface area contributed by atoms with Crippen molar-refractivity contribution in [2.45, 2.75) is 12.7 Å². The van der Waals surface area contributed by atoms with Gasteiger partial charge in [0.15, 0.2) is 0 Å². The predicted octanol–water partition coefficient (Wildman–Crippen LogP) is 3.72. The SMILES string of the molecule is COc1ccc(C(F)(F)F)cc1NC(=O)Cn1cnc(-c2ccc(F)cc2)cc1=O. The quantitative estimate of drug-likeness (QED) is 0.638. The molecule has 6 nitrogen and oxygen atoms in total. The summed E-state index contributed by atoms with van der Waals surface area (Å²) in [7, 11) is 1.25. The van der Waals surface area contributed by atoms with Gasteiger partial charge in [0.05, 0.1) is 30.4 Å². The molecular weight excluding hydrogens is 406 g/mol. The number of ether oxygens (including phenoxy) is 1. The number of anilines is 1. The highest BCUT2D eigenvalue weighted by Crippen LogP contribution is 2.34. The van der Waals surface area contributed by atoms with E-state index in [2.05, 4.69) is 10.3 Å². The summed E-state index contributed by atoms with van der Waals surface area (Å²) in [6.45, 7) is -0.477. The van der Waals surface area contributed by atoms with Crippen LogP contribution in [0.5, 0.6) is 5.75 Å². The minimum atomic E-state index is -4.59. The number of carbonyl (C=O) groups excluding carboxylic acids is 1. The van der Waals surface area contributed by atoms with Gasteiger partial charge < -0.3 is 10.1 Å². The third kappa shape index (κ3) is 4.83. The van der Waals surface area contributed by atoms with Crippen molar-refractivity contribution in [1.29, 1.82) is 0 Å². The van der Waals surface area contributed by atoms with Crippen molar-refractivity contribution in [2.24, 2.45) is 0 Å². The highest BCUT2D eigenvalue weighted by atomic mass is 19.4. The van der Waals surface area contributed by atoms with Crippen molar-refractivity contribution in [1.82, 2.24) is 9.55 Å². The summed E-state index contributed by atoms with van der Waals surface area (Å²) in [4.78, 5) is 28.6. The zero-order chi connectivity index (χ0) is 21.9. The molecule has 0 saturated heterocycles. The van der Waals surface area contributed by atoms with Gasteiger partial charge in [0.2, 0.25) is 5.91 Å². The largest absolute Gasteiger partial charge is 0.495 e. The Kier molecular flexibility index (Phi) is 5.86. The Hall–Kier alpha value is -3.69. The predicted molar refractivity (Wildman–Crippen MR) is 101 cm³/mol. The minimum Gasteiger partial charge on any atom is -0.495 e. The first kappa shape index (κ1) is 21.0. The third-order valence-corrected chi connectivity index (χ3v) is 4.13. The van der Waals surface area contributed by atoms with Crippen LogP contribution < -0.4 is 15.6 Å². The summed E-state index contributed by atoms with van der Waals surface area (Å²) < 4.78 is 57.7. The first-order valence-corrected chi connectivity index (χ1v) is 8.55. The first-order chi connectivity index (χ1) is 14.2. The number of hydrogen-bond acceptors (Lipinski definition) is 4. The van der Waals surface area contributed by atoms with Gasteiger partial charge in [-0.3, -0.25) is 14.2 Å². The summed E-state index contributed by atoms with van der Waals surface area (Å²) in [5.41, 5.74) is -0.896. The second-order valence-corrected chi connectivity index (χ2v) is 6.21. The van der Waals surface area contributed by atoms with Crippen LogP contribution in [-0.2, 0) is 17.5 Å². The van der Waals surface area contributed by atoms with E-state index in [1.807, 2.05) is 0 Å². The number of hydrogen-bond donors (Lipinski definition) is 1. The molecule has 0 unspecified atom stereocenters. The van der Waals surface area contributed by atoms with Crippen LogP contribution in [0.15, 0.2) is 59.7 Å². The number of carbonyl (C=O) groups is 1. The molecular formula is C20H15F4N3O3. The van der Waals surface area contributed by atoms with Crippen molar-refractivity contribution in [3.8, 4) is 17.0 Å². The zero-order valence-electron chi connectivity index (χ0n) is 15.5. The van der Waals surface area contributed by atoms with E-state index >= 15 is 0 Å². The van der Waals surface area contributed by atoms with E-state index in [1.165, 1.54) is 37.4 Å². The topological polar surface area (TPSA) is 73.2 Å². The van der Waals surface area contributed by atoms with Crippen LogP contribution in [0, 0.1) is 5.82 Å². The lowest BCUT2D eigenvalue weighted by molar-refractivity contribution is -0.137. The number of halogens is 4. The molecule has 0 saturated carbocycles. The number of rotatable bonds is 5. The highest BCUT2D eigenvalue weighted by molar-refractivity contribution is 5.92. The standard InChI is InChI=1S/C20H15F4N3O3/c1-30-17-7-4-13(20(22,23)24)8-16(17)26-18(28)10-27-11-25-15(9-19(27)29)12-2-5-14(21)6-3-12/h2-9,11H,10H2,1H3,(H,26,28). The molecule has 30 heavy (non-hydrogen) atoms. The molecule has 1 aromatic heterocycles. The van der Waals surface area contributed by atoms with E-state index in [1.54, 1.807) is 0 Å². The van der Waals surface area contributed by atoms with E-state index in [4.69, 9.17) is 4.74 Å². The van der Waals surface area contributed by atoms with Gasteiger partial charge >= 0.3 is 6.18 Å². The minimum absolute atomic E-state index is 0.0356. The van der Waals surface area contributed by atoms with Gasteiger partial charge in [-0.2, -0.15) is 13.2 Å². The van der Waals surface area contributed by atoms with Gasteiger partial charge in [-0.05, 0) is 42.5 Å². The van der Waals surface area contributed by atoms with Crippen LogP contribution in [-0.4, -0.2) is 22.6 Å². The molecule has 1 amide bonds. The van der Waals surface area contributed by atoms with Gasteiger partial charge in [0.25, 0.3) is 5.56 Å². The maximum Gasteiger partial charge on any atom is 0.416 e. The van der Waals surface area contributed by atoms with Gasteiger partial charge in [-0.15, -0.1) is 0 Å². The molecule has 2 aromatic carbocycles. The average Bonchev–Trinajstić information content (AvgIpc) is 2.69. The van der Waals surface area contributed by atoms with Crippen molar-refractivity contribution in [3.63, 3.8) is 0 Å². The normalized spacial score (nSPS) is 11.2. The monoisotopic (exact) mass is 421 g/mol. The van der Waals surface area contributed by atoms with Crippen LogP contribution in [0.3, 0.4) is 0 Å². The van der Waals surface area contributed by atoms with Gasteiger partial charge in [-0.1, -0.05) is 0 Å². The Morgan fingerprint density at radius 1 is 1.13 bits per heavy atom. The molecule has 0 radical (unpaired) electrons. The van der Waals surface area contributed by atoms with Crippen molar-refractivity contribution >= 4 is 11.6 Å². The lowest BCUT2D eigenvalue weighted by atomic mass is 10.1. The van der Waals surface area contributed by atoms with Crippen LogP contribution in [0.1, 0.15) is 5.56 Å². The maximum atomic E-state index is 13.0. The Balaban J connectivity index is 1.78. The second kappa shape index (κ2) is 8.36. The smallest absolute Gasteiger partial charge is 0.416 e. The summed E-state index contributed by atoms with van der Waals surface area (Å²) in [6.07, 6.45) is -3.47. The number of nitrogens with one attached hydrogen (secondary N) is 1. The summed E-state index contributed by atoms with van der Waals surface area (Å²) in [5, 5.41) is 2.31. The van der Waals surface area contributed by atoms with E-state index in [0.717, 1.165) is 29.1 Å². The number of amides is 1. The van der Waals surface area contributed by atoms with Crippen molar-refractivity contribution < 1.29 is 27.1 Å². The fourth-order valence-electron chi connectivity index (χ4n) is 2.65. The molecule has 3 rings (SSSR count). The molecule has 0 aliphatic rings. The zero-order valence-corrected chi connectivity index (χ0v) is 15.5. The Bertz CT molecular complexity index is 1130. The van der Waals surface area contributed by atoms with E-state index < -0.39 is 35.6 Å². The molecule has 0 bridgehead atoms. The molecule has 156 valence electrons. The van der Waals surface area contributed by atoms with Crippen LogP contribution in [0.4, 0.5) is 23.2 Å². The molecule has 0 aliphatic heterocycles. The van der Waals surface area contributed by atoms with Crippen molar-refractivity contribution in [2.75, 3.05) is 12.4 Å². The summed E-state index contributed by atoms with van der Waals surface area (Å²) >= 11 is 0. The average molecular weight is 421 g/mol. The fraction of sp³-hybridized carbons (Fsp3) is 0.150. The van der Waals surface area contributed by atoms with Gasteiger partial charge in [0.1, 0.15) is 18.1 Å². The fourth-order valence-corrected chi connectivity index (χ4v) is 2.65. The number of aromatic nitrogens is 2. The Labute approximate surface area is 167 Å². The Morgan fingerprint density at radius 3 is 2.43 bits per heavy atom. The molecule has 3 aromatic rings. The lowest BCUT2D eigenvalue weighted by Gasteiger charge is -2.14. The highest BCUT2D eigenvalue weighted by Gasteiger charge is 2.31. The lowest BCUT2D eigenvalue weighted by Crippen LogP contribution is -2.27. The molecule has 0 atom stereocenters. The third-order valence-electron chi connectivity index (χ3n) is 4.13. The molecule has 0 fully saturated rings. The molecule has 1 heterocycles. The molecule has 0 spiro atoms. The Morgan fingerprint density at radius 2 is 1.83 bits per heavy atom. The molecule has 1 N–H and O–H groups in total.